The maximum atomic E-state index is 13.0. The summed E-state index contributed by atoms with van der Waals surface area (Å²) in [6, 6.07) is 0. The van der Waals surface area contributed by atoms with E-state index < -0.39 is 82.8 Å². The molecule has 2 aliphatic heterocycles. The van der Waals surface area contributed by atoms with Gasteiger partial charge in [0.1, 0.15) is 31.2 Å². The third-order valence-electron chi connectivity index (χ3n) is 11.9. The van der Waals surface area contributed by atoms with E-state index in [2.05, 4.69) is 0 Å². The highest BCUT2D eigenvalue weighted by molar-refractivity contribution is 5.85. The van der Waals surface area contributed by atoms with Gasteiger partial charge in [0.05, 0.1) is 34.9 Å². The molecule has 224 valence electrons. The van der Waals surface area contributed by atoms with Crippen LogP contribution in [0.2, 0.25) is 0 Å². The summed E-state index contributed by atoms with van der Waals surface area (Å²) >= 11 is 0. The van der Waals surface area contributed by atoms with E-state index in [9.17, 15) is 40.2 Å². The smallest absolute Gasteiger partial charge is 0.331 e. The van der Waals surface area contributed by atoms with E-state index in [-0.39, 0.29) is 38.2 Å². The number of ether oxygens (including phenoxy) is 3. The Kier molecular flexibility index (Phi) is 6.83. The lowest BCUT2D eigenvalue weighted by molar-refractivity contribution is -0.320. The van der Waals surface area contributed by atoms with Crippen LogP contribution in [0.1, 0.15) is 65.2 Å². The topological polar surface area (TPSA) is 183 Å². The summed E-state index contributed by atoms with van der Waals surface area (Å²) in [5, 5.41) is 66.7. The molecule has 11 nitrogen and oxygen atoms in total. The van der Waals surface area contributed by atoms with Crippen molar-refractivity contribution in [1.29, 1.82) is 0 Å². The van der Waals surface area contributed by atoms with Crippen LogP contribution in [0.4, 0.5) is 0 Å². The molecule has 2 heterocycles. The van der Waals surface area contributed by atoms with E-state index in [4.69, 9.17) is 14.2 Å². The number of aldehydes is 1. The molecule has 14 atom stereocenters. The summed E-state index contributed by atoms with van der Waals surface area (Å²) in [5.41, 5.74) is -3.89. The molecular formula is C29H42O11. The Bertz CT molecular complexity index is 1080. The minimum absolute atomic E-state index is 0.0615. The Balaban J connectivity index is 1.25. The number of carbonyl (C=O) groups is 2. The van der Waals surface area contributed by atoms with Crippen molar-refractivity contribution in [2.75, 3.05) is 6.61 Å². The molecule has 0 aromatic rings. The first-order valence-corrected chi connectivity index (χ1v) is 14.6. The average molecular weight is 567 g/mol. The first-order valence-electron chi connectivity index (χ1n) is 14.6. The molecule has 6 aliphatic rings. The summed E-state index contributed by atoms with van der Waals surface area (Å²) in [6.45, 7) is 3.72. The monoisotopic (exact) mass is 566 g/mol. The highest BCUT2D eigenvalue weighted by atomic mass is 16.7. The Morgan fingerprint density at radius 1 is 1.00 bits per heavy atom. The van der Waals surface area contributed by atoms with E-state index in [1.54, 1.807) is 6.92 Å². The lowest BCUT2D eigenvalue weighted by Gasteiger charge is -2.66. The highest BCUT2D eigenvalue weighted by Gasteiger charge is 2.73. The molecule has 0 unspecified atom stereocenters. The van der Waals surface area contributed by atoms with Crippen LogP contribution in [0.15, 0.2) is 11.6 Å². The SMILES string of the molecule is C[C@@H]1O[C@H](O[C@H]2CC[C@]3(C=O)[C@H]4[C@H](O)C[C@]5(C)[C@@H](C6=CC(=O)OC6)CC[C@]5(O)[C@@H]4CC[C@]3(O)C2)[C@@H](O)[C@H](O)[C@H]1O. The van der Waals surface area contributed by atoms with Crippen molar-refractivity contribution in [3.8, 4) is 0 Å². The van der Waals surface area contributed by atoms with E-state index in [0.717, 1.165) is 11.9 Å². The zero-order valence-electron chi connectivity index (χ0n) is 23.0. The van der Waals surface area contributed by atoms with Crippen molar-refractivity contribution in [3.63, 3.8) is 0 Å². The molecular weight excluding hydrogens is 524 g/mol. The van der Waals surface area contributed by atoms with E-state index in [0.29, 0.717) is 25.7 Å². The molecule has 0 aromatic heterocycles. The van der Waals surface area contributed by atoms with E-state index >= 15 is 0 Å². The number of fused-ring (bicyclic) bond motifs is 5. The Labute approximate surface area is 233 Å². The van der Waals surface area contributed by atoms with Crippen molar-refractivity contribution < 1.29 is 54.4 Å². The lowest BCUT2D eigenvalue weighted by Crippen LogP contribution is -2.72. The van der Waals surface area contributed by atoms with Crippen molar-refractivity contribution in [1.82, 2.24) is 0 Å². The quantitative estimate of drug-likeness (QED) is 0.149. The lowest BCUT2D eigenvalue weighted by atomic mass is 9.41. The average Bonchev–Trinajstić information content (AvgIpc) is 3.45. The van der Waals surface area contributed by atoms with Crippen molar-refractivity contribution in [2.24, 2.45) is 28.6 Å². The molecule has 6 N–H and O–H groups in total. The molecule has 4 saturated carbocycles. The summed E-state index contributed by atoms with van der Waals surface area (Å²) < 4.78 is 16.8. The summed E-state index contributed by atoms with van der Waals surface area (Å²) in [5.74, 6) is -1.61. The van der Waals surface area contributed by atoms with Gasteiger partial charge in [-0.1, -0.05) is 6.92 Å². The van der Waals surface area contributed by atoms with Crippen LogP contribution in [-0.2, 0) is 23.8 Å². The standard InChI is InChI=1S/C29H42O11/c1-14-22(33)23(34)24(35)25(39-14)40-16-3-6-27(13-30)21-18(4-7-28(27,36)10-16)29(37)8-5-17(15-9-20(32)38-12-15)26(29,2)11-19(21)31/h9,13-14,16-19,21-25,31,33-37H,3-8,10-12H2,1-2H3/t14-,16-,17+,18+,19+,21+,22-,23+,24-,25+,26+,27-,28-,29-/m0/s1. The van der Waals surface area contributed by atoms with Crippen LogP contribution in [0.25, 0.3) is 0 Å². The van der Waals surface area contributed by atoms with Gasteiger partial charge < -0.3 is 49.6 Å². The number of aliphatic hydroxyl groups is 6. The Morgan fingerprint density at radius 2 is 1.75 bits per heavy atom. The van der Waals surface area contributed by atoms with Gasteiger partial charge in [0.15, 0.2) is 6.29 Å². The van der Waals surface area contributed by atoms with Gasteiger partial charge in [-0.25, -0.2) is 4.79 Å². The van der Waals surface area contributed by atoms with Gasteiger partial charge in [0, 0.05) is 23.8 Å². The van der Waals surface area contributed by atoms with Crippen molar-refractivity contribution >= 4 is 12.3 Å². The van der Waals surface area contributed by atoms with Crippen molar-refractivity contribution in [3.05, 3.63) is 11.6 Å². The second-order valence-corrected chi connectivity index (χ2v) is 13.6. The summed E-state index contributed by atoms with van der Waals surface area (Å²) in [6.07, 6.45) is -2.87. The number of esters is 1. The molecule has 0 bridgehead atoms. The van der Waals surface area contributed by atoms with Gasteiger partial charge in [0.25, 0.3) is 0 Å². The second kappa shape index (κ2) is 9.54. The number of aliphatic hydroxyl groups excluding tert-OH is 4. The fraction of sp³-hybridized carbons (Fsp3) is 0.862. The predicted octanol–water partition coefficient (Wildman–Crippen LogP) is -0.279. The summed E-state index contributed by atoms with van der Waals surface area (Å²) in [7, 11) is 0. The fourth-order valence-corrected chi connectivity index (χ4v) is 9.82. The summed E-state index contributed by atoms with van der Waals surface area (Å²) in [4.78, 5) is 24.8. The number of rotatable bonds is 4. The van der Waals surface area contributed by atoms with Crippen LogP contribution in [0.3, 0.4) is 0 Å². The third-order valence-corrected chi connectivity index (χ3v) is 11.9. The predicted molar refractivity (Wildman–Crippen MR) is 136 cm³/mol. The molecule has 0 spiro atoms. The van der Waals surface area contributed by atoms with Gasteiger partial charge in [-0.15, -0.1) is 0 Å². The van der Waals surface area contributed by atoms with Gasteiger partial charge in [0.2, 0.25) is 0 Å². The number of hydrogen-bond acceptors (Lipinski definition) is 11. The zero-order chi connectivity index (χ0) is 28.8. The molecule has 1 saturated heterocycles. The molecule has 0 aromatic carbocycles. The number of carbonyl (C=O) groups excluding carboxylic acids is 2. The molecule has 0 amide bonds. The number of cyclic esters (lactones) is 1. The fourth-order valence-electron chi connectivity index (χ4n) is 9.82. The first kappa shape index (κ1) is 28.7. The van der Waals surface area contributed by atoms with Gasteiger partial charge in [-0.2, -0.15) is 0 Å². The van der Waals surface area contributed by atoms with Gasteiger partial charge in [-0.3, -0.25) is 0 Å². The molecule has 11 heteroatoms. The minimum Gasteiger partial charge on any atom is -0.458 e. The number of hydrogen-bond donors (Lipinski definition) is 6. The Morgan fingerprint density at radius 3 is 2.42 bits per heavy atom. The van der Waals surface area contributed by atoms with Crippen LogP contribution in [0, 0.1) is 28.6 Å². The van der Waals surface area contributed by atoms with Crippen LogP contribution < -0.4 is 0 Å². The second-order valence-electron chi connectivity index (χ2n) is 13.6. The molecule has 4 aliphatic carbocycles. The molecule has 5 fully saturated rings. The van der Waals surface area contributed by atoms with Gasteiger partial charge in [-0.05, 0) is 69.3 Å². The molecule has 0 radical (unpaired) electrons. The minimum atomic E-state index is -1.51. The zero-order valence-corrected chi connectivity index (χ0v) is 23.0. The van der Waals surface area contributed by atoms with Crippen LogP contribution in [-0.4, -0.2) is 104 Å². The first-order chi connectivity index (χ1) is 18.8. The maximum Gasteiger partial charge on any atom is 0.331 e. The largest absolute Gasteiger partial charge is 0.458 e. The maximum absolute atomic E-state index is 13.0. The van der Waals surface area contributed by atoms with Crippen LogP contribution in [0.5, 0.6) is 0 Å². The van der Waals surface area contributed by atoms with Crippen molar-refractivity contribution in [2.45, 2.75) is 119 Å². The molecule has 40 heavy (non-hydrogen) atoms. The van der Waals surface area contributed by atoms with Gasteiger partial charge >= 0.3 is 5.97 Å². The molecule has 6 rings (SSSR count). The highest BCUT2D eigenvalue weighted by Crippen LogP contribution is 2.70. The third kappa shape index (κ3) is 3.78. The Hall–Kier alpha value is -1.44. The van der Waals surface area contributed by atoms with E-state index in [1.807, 2.05) is 6.92 Å². The normalized spacial score (nSPS) is 56.0. The van der Waals surface area contributed by atoms with Crippen LogP contribution >= 0.6 is 0 Å². The van der Waals surface area contributed by atoms with E-state index in [1.165, 1.54) is 6.08 Å².